The Morgan fingerprint density at radius 2 is 2.29 bits per heavy atom. The quantitative estimate of drug-likeness (QED) is 0.808. The number of nitrogens with zero attached hydrogens (tertiary/aromatic N) is 1. The molecule has 3 rings (SSSR count). The SMILES string of the molecule is Cc1oc(CN(C)CCc2cccs2)cc1CNC1CC1. The molecule has 0 unspecified atom stereocenters. The summed E-state index contributed by atoms with van der Waals surface area (Å²) < 4.78 is 5.90. The highest BCUT2D eigenvalue weighted by molar-refractivity contribution is 7.09. The van der Waals surface area contributed by atoms with Crippen LogP contribution in [0.1, 0.15) is 34.8 Å². The molecule has 3 nitrogen and oxygen atoms in total. The van der Waals surface area contributed by atoms with Crippen LogP contribution in [0, 0.1) is 6.92 Å². The lowest BCUT2D eigenvalue weighted by molar-refractivity contribution is 0.296. The number of nitrogens with one attached hydrogen (secondary N) is 1. The van der Waals surface area contributed by atoms with Crippen molar-refractivity contribution in [2.45, 2.75) is 45.3 Å². The number of hydrogen-bond acceptors (Lipinski definition) is 4. The van der Waals surface area contributed by atoms with E-state index in [9.17, 15) is 0 Å². The molecule has 2 heterocycles. The second kappa shape index (κ2) is 6.77. The van der Waals surface area contributed by atoms with Crippen molar-refractivity contribution in [1.82, 2.24) is 10.2 Å². The summed E-state index contributed by atoms with van der Waals surface area (Å²) >= 11 is 1.83. The molecule has 0 aromatic carbocycles. The fraction of sp³-hybridized carbons (Fsp3) is 0.529. The summed E-state index contributed by atoms with van der Waals surface area (Å²) in [4.78, 5) is 3.78. The maximum Gasteiger partial charge on any atom is 0.118 e. The van der Waals surface area contributed by atoms with Gasteiger partial charge in [-0.05, 0) is 50.7 Å². The fourth-order valence-electron chi connectivity index (χ4n) is 2.48. The van der Waals surface area contributed by atoms with Crippen molar-refractivity contribution in [3.05, 3.63) is 45.5 Å². The van der Waals surface area contributed by atoms with Crippen molar-refractivity contribution < 1.29 is 4.42 Å². The summed E-state index contributed by atoms with van der Waals surface area (Å²) in [6.07, 6.45) is 3.77. The van der Waals surface area contributed by atoms with Crippen LogP contribution in [0.15, 0.2) is 28.0 Å². The summed E-state index contributed by atoms with van der Waals surface area (Å²) in [5.74, 6) is 2.14. The zero-order valence-corrected chi connectivity index (χ0v) is 13.7. The second-order valence-corrected chi connectivity index (χ2v) is 7.05. The van der Waals surface area contributed by atoms with Crippen LogP contribution in [-0.2, 0) is 19.5 Å². The molecule has 1 N–H and O–H groups in total. The third-order valence-electron chi connectivity index (χ3n) is 3.98. The average molecular weight is 304 g/mol. The number of likely N-dealkylation sites (N-methyl/N-ethyl adjacent to an activating group) is 1. The molecule has 1 saturated carbocycles. The monoisotopic (exact) mass is 304 g/mol. The molecule has 0 atom stereocenters. The van der Waals surface area contributed by atoms with Gasteiger partial charge in [-0.1, -0.05) is 6.07 Å². The van der Waals surface area contributed by atoms with E-state index >= 15 is 0 Å². The highest BCUT2D eigenvalue weighted by Crippen LogP contribution is 2.21. The molecule has 0 spiro atoms. The number of thiophene rings is 1. The maximum atomic E-state index is 5.90. The van der Waals surface area contributed by atoms with Crippen LogP contribution in [0.2, 0.25) is 0 Å². The molecule has 1 aliphatic carbocycles. The van der Waals surface area contributed by atoms with Crippen molar-refractivity contribution in [2.75, 3.05) is 13.6 Å². The summed E-state index contributed by atoms with van der Waals surface area (Å²) in [6, 6.07) is 7.29. The first-order valence-electron chi connectivity index (χ1n) is 7.73. The number of rotatable bonds is 8. The van der Waals surface area contributed by atoms with Crippen molar-refractivity contribution in [3.8, 4) is 0 Å². The zero-order valence-electron chi connectivity index (χ0n) is 12.9. The van der Waals surface area contributed by atoms with Crippen LogP contribution in [0.5, 0.6) is 0 Å². The molecule has 2 aromatic rings. The zero-order chi connectivity index (χ0) is 14.7. The standard InChI is InChI=1S/C17H24N2OS/c1-13-14(11-18-15-5-6-15)10-16(20-13)12-19(2)8-7-17-4-3-9-21-17/h3-4,9-10,15,18H,5-8,11-12H2,1-2H3. The van der Waals surface area contributed by atoms with E-state index in [0.29, 0.717) is 0 Å². The Labute approximate surface area is 131 Å². The van der Waals surface area contributed by atoms with Gasteiger partial charge in [0.1, 0.15) is 11.5 Å². The normalized spacial score (nSPS) is 15.0. The molecule has 1 aliphatic rings. The third-order valence-corrected chi connectivity index (χ3v) is 4.91. The van der Waals surface area contributed by atoms with Gasteiger partial charge in [-0.2, -0.15) is 0 Å². The molecule has 0 aliphatic heterocycles. The Bertz CT molecular complexity index is 557. The Hall–Kier alpha value is -1.10. The lowest BCUT2D eigenvalue weighted by Crippen LogP contribution is -2.20. The van der Waals surface area contributed by atoms with Gasteiger partial charge >= 0.3 is 0 Å². The van der Waals surface area contributed by atoms with E-state index < -0.39 is 0 Å². The largest absolute Gasteiger partial charge is 0.465 e. The number of hydrogen-bond donors (Lipinski definition) is 1. The van der Waals surface area contributed by atoms with Gasteiger partial charge in [0.25, 0.3) is 0 Å². The summed E-state index contributed by atoms with van der Waals surface area (Å²) in [5.41, 5.74) is 1.31. The van der Waals surface area contributed by atoms with Crippen molar-refractivity contribution in [3.63, 3.8) is 0 Å². The summed E-state index contributed by atoms with van der Waals surface area (Å²) in [7, 11) is 2.16. The number of aryl methyl sites for hydroxylation is 1. The van der Waals surface area contributed by atoms with E-state index in [1.807, 2.05) is 11.3 Å². The van der Waals surface area contributed by atoms with E-state index in [0.717, 1.165) is 43.6 Å². The molecule has 1 fully saturated rings. The molecule has 114 valence electrons. The van der Waals surface area contributed by atoms with Gasteiger partial charge in [-0.25, -0.2) is 0 Å². The molecular formula is C17H24N2OS. The van der Waals surface area contributed by atoms with Crippen molar-refractivity contribution >= 4 is 11.3 Å². The van der Waals surface area contributed by atoms with Gasteiger partial charge in [0.15, 0.2) is 0 Å². The second-order valence-electron chi connectivity index (χ2n) is 6.02. The van der Waals surface area contributed by atoms with Gasteiger partial charge in [0.2, 0.25) is 0 Å². The van der Waals surface area contributed by atoms with Crippen molar-refractivity contribution in [2.24, 2.45) is 0 Å². The minimum Gasteiger partial charge on any atom is -0.465 e. The van der Waals surface area contributed by atoms with E-state index in [4.69, 9.17) is 4.42 Å². The van der Waals surface area contributed by atoms with Crippen LogP contribution in [0.3, 0.4) is 0 Å². The van der Waals surface area contributed by atoms with Crippen LogP contribution in [0.25, 0.3) is 0 Å². The molecule has 0 saturated heterocycles. The topological polar surface area (TPSA) is 28.4 Å². The maximum absolute atomic E-state index is 5.90. The highest BCUT2D eigenvalue weighted by Gasteiger charge is 2.21. The Morgan fingerprint density at radius 1 is 1.43 bits per heavy atom. The third kappa shape index (κ3) is 4.43. The van der Waals surface area contributed by atoms with Crippen molar-refractivity contribution in [1.29, 1.82) is 0 Å². The molecule has 21 heavy (non-hydrogen) atoms. The lowest BCUT2D eigenvalue weighted by atomic mass is 10.2. The van der Waals surface area contributed by atoms with Gasteiger partial charge < -0.3 is 9.73 Å². The molecule has 0 bridgehead atoms. The van der Waals surface area contributed by atoms with E-state index in [1.54, 1.807) is 0 Å². The van der Waals surface area contributed by atoms with Crippen LogP contribution in [-0.4, -0.2) is 24.5 Å². The first kappa shape index (κ1) is 14.8. The molecule has 0 radical (unpaired) electrons. The molecule has 2 aromatic heterocycles. The summed E-state index contributed by atoms with van der Waals surface area (Å²) in [6.45, 7) is 4.96. The fourth-order valence-corrected chi connectivity index (χ4v) is 3.18. The van der Waals surface area contributed by atoms with Gasteiger partial charge in [-0.15, -0.1) is 11.3 Å². The molecule has 4 heteroatoms. The molecular weight excluding hydrogens is 280 g/mol. The smallest absolute Gasteiger partial charge is 0.118 e. The minimum atomic E-state index is 0.746. The van der Waals surface area contributed by atoms with E-state index in [1.165, 1.54) is 23.3 Å². The first-order valence-corrected chi connectivity index (χ1v) is 8.61. The van der Waals surface area contributed by atoms with Crippen LogP contribution < -0.4 is 5.32 Å². The Balaban J connectivity index is 1.48. The van der Waals surface area contributed by atoms with Crippen LogP contribution >= 0.6 is 11.3 Å². The van der Waals surface area contributed by atoms with Gasteiger partial charge in [0.05, 0.1) is 6.54 Å². The molecule has 0 amide bonds. The van der Waals surface area contributed by atoms with E-state index in [-0.39, 0.29) is 0 Å². The Kier molecular flexibility index (Phi) is 4.78. The van der Waals surface area contributed by atoms with Crippen LogP contribution in [0.4, 0.5) is 0 Å². The van der Waals surface area contributed by atoms with Gasteiger partial charge in [-0.3, -0.25) is 4.90 Å². The predicted molar refractivity (Wildman–Crippen MR) is 87.7 cm³/mol. The highest BCUT2D eigenvalue weighted by atomic mass is 32.1. The average Bonchev–Trinajstić information content (AvgIpc) is 3.01. The summed E-state index contributed by atoms with van der Waals surface area (Å²) in [5, 5.41) is 5.70. The lowest BCUT2D eigenvalue weighted by Gasteiger charge is -2.14. The number of furan rings is 1. The Morgan fingerprint density at radius 3 is 3.00 bits per heavy atom. The minimum absolute atomic E-state index is 0.746. The predicted octanol–water partition coefficient (Wildman–Crippen LogP) is 3.58. The first-order chi connectivity index (χ1) is 10.2. The van der Waals surface area contributed by atoms with E-state index in [2.05, 4.69) is 47.8 Å². The van der Waals surface area contributed by atoms with Gasteiger partial charge in [0, 0.05) is 29.6 Å².